The van der Waals surface area contributed by atoms with Crippen molar-refractivity contribution < 1.29 is 0 Å². The fraction of sp³-hybridized carbons (Fsp3) is 0.231. The third-order valence-corrected chi connectivity index (χ3v) is 6.90. The number of fused-ring (bicyclic) bond motifs is 1. The molecular formula is C13H16Ge. The van der Waals surface area contributed by atoms with Gasteiger partial charge in [0.25, 0.3) is 0 Å². The number of rotatable bonds is 1. The molecule has 0 atom stereocenters. The first-order valence-corrected chi connectivity index (χ1v) is 12.4. The first-order valence-electron chi connectivity index (χ1n) is 5.07. The molecule has 0 fully saturated rings. The van der Waals surface area contributed by atoms with Gasteiger partial charge in [-0.3, -0.25) is 0 Å². The monoisotopic (exact) mass is 246 g/mol. The van der Waals surface area contributed by atoms with Crippen LogP contribution in [-0.2, 0) is 0 Å². The van der Waals surface area contributed by atoms with E-state index in [-0.39, 0.29) is 0 Å². The molecule has 2 rings (SSSR count). The molecule has 0 aliphatic carbocycles. The Morgan fingerprint density at radius 3 is 2.14 bits per heavy atom. The molecule has 0 spiro atoms. The van der Waals surface area contributed by atoms with E-state index < -0.39 is 13.3 Å². The molecule has 0 aliphatic rings. The van der Waals surface area contributed by atoms with Crippen molar-refractivity contribution in [1.82, 2.24) is 0 Å². The van der Waals surface area contributed by atoms with E-state index in [0.29, 0.717) is 0 Å². The summed E-state index contributed by atoms with van der Waals surface area (Å²) < 4.78 is 1.61. The summed E-state index contributed by atoms with van der Waals surface area (Å²) in [4.78, 5) is 0. The molecule has 72 valence electrons. The number of benzene rings is 2. The summed E-state index contributed by atoms with van der Waals surface area (Å²) in [6, 6.07) is 15.4. The van der Waals surface area contributed by atoms with Gasteiger partial charge in [0.05, 0.1) is 0 Å². The van der Waals surface area contributed by atoms with Crippen LogP contribution >= 0.6 is 0 Å². The Balaban J connectivity index is 2.78. The molecule has 0 heterocycles. The van der Waals surface area contributed by atoms with Crippen molar-refractivity contribution in [1.29, 1.82) is 0 Å². The molecule has 0 unspecified atom stereocenters. The van der Waals surface area contributed by atoms with Crippen LogP contribution in [0.5, 0.6) is 0 Å². The fourth-order valence-electron chi connectivity index (χ4n) is 1.88. The Morgan fingerprint density at radius 2 is 1.43 bits per heavy atom. The predicted octanol–water partition coefficient (Wildman–Crippen LogP) is 3.39. The normalized spacial score (nSPS) is 11.9. The molecule has 2 aromatic carbocycles. The quantitative estimate of drug-likeness (QED) is 0.675. The Kier molecular flexibility index (Phi) is 2.40. The number of hydrogen-bond donors (Lipinski definition) is 0. The summed E-state index contributed by atoms with van der Waals surface area (Å²) >= 11 is -1.70. The Hall–Kier alpha value is -0.757. The summed E-state index contributed by atoms with van der Waals surface area (Å²) in [7, 11) is 0. The molecule has 0 saturated heterocycles. The van der Waals surface area contributed by atoms with E-state index in [1.165, 1.54) is 10.8 Å². The maximum absolute atomic E-state index is 2.45. The molecule has 0 saturated carbocycles. The van der Waals surface area contributed by atoms with E-state index in [4.69, 9.17) is 0 Å². The van der Waals surface area contributed by atoms with Crippen molar-refractivity contribution in [2.45, 2.75) is 17.3 Å². The van der Waals surface area contributed by atoms with Gasteiger partial charge in [-0.05, 0) is 0 Å². The third-order valence-electron chi connectivity index (χ3n) is 2.60. The van der Waals surface area contributed by atoms with Crippen molar-refractivity contribution in [3.63, 3.8) is 0 Å². The molecular weight excluding hydrogens is 229 g/mol. The summed E-state index contributed by atoms with van der Waals surface area (Å²) in [5, 5.41) is 2.84. The van der Waals surface area contributed by atoms with Crippen LogP contribution in [0.15, 0.2) is 42.5 Å². The molecule has 0 aromatic heterocycles. The van der Waals surface area contributed by atoms with Crippen LogP contribution in [-0.4, -0.2) is 13.3 Å². The zero-order chi connectivity index (χ0) is 10.2. The zero-order valence-electron chi connectivity index (χ0n) is 9.04. The van der Waals surface area contributed by atoms with Crippen LogP contribution in [0, 0.1) is 0 Å². The van der Waals surface area contributed by atoms with Crippen LogP contribution in [0.2, 0.25) is 17.3 Å². The Bertz CT molecular complexity index is 447. The molecule has 0 amide bonds. The van der Waals surface area contributed by atoms with E-state index in [1.54, 1.807) is 4.40 Å². The van der Waals surface area contributed by atoms with Gasteiger partial charge in [0.1, 0.15) is 0 Å². The summed E-state index contributed by atoms with van der Waals surface area (Å²) in [6.45, 7) is 0. The van der Waals surface area contributed by atoms with Gasteiger partial charge in [0, 0.05) is 0 Å². The van der Waals surface area contributed by atoms with Crippen LogP contribution in [0.4, 0.5) is 0 Å². The number of hydrogen-bond acceptors (Lipinski definition) is 0. The van der Waals surface area contributed by atoms with E-state index in [1.807, 2.05) is 0 Å². The summed E-state index contributed by atoms with van der Waals surface area (Å²) in [6.07, 6.45) is 0. The first-order chi connectivity index (χ1) is 6.59. The van der Waals surface area contributed by atoms with Crippen molar-refractivity contribution in [2.24, 2.45) is 0 Å². The average molecular weight is 245 g/mol. The average Bonchev–Trinajstić information content (AvgIpc) is 2.15. The second-order valence-corrected chi connectivity index (χ2v) is 15.3. The molecule has 0 N–H and O–H groups in total. The summed E-state index contributed by atoms with van der Waals surface area (Å²) in [5.41, 5.74) is 0. The van der Waals surface area contributed by atoms with Gasteiger partial charge >= 0.3 is 88.2 Å². The SMILES string of the molecule is [CH3][Ge]([CH3])([CH3])[c]1cccc2ccccc12. The molecule has 2 aromatic rings. The maximum atomic E-state index is 2.45. The van der Waals surface area contributed by atoms with E-state index in [2.05, 4.69) is 59.7 Å². The van der Waals surface area contributed by atoms with Gasteiger partial charge < -0.3 is 0 Å². The molecule has 14 heavy (non-hydrogen) atoms. The van der Waals surface area contributed by atoms with Gasteiger partial charge in [-0.25, -0.2) is 0 Å². The third kappa shape index (κ3) is 1.71. The van der Waals surface area contributed by atoms with Gasteiger partial charge in [0.2, 0.25) is 0 Å². The van der Waals surface area contributed by atoms with E-state index in [0.717, 1.165) is 0 Å². The first kappa shape index (κ1) is 9.78. The minimum atomic E-state index is -1.70. The molecule has 0 radical (unpaired) electrons. The summed E-state index contributed by atoms with van der Waals surface area (Å²) in [5.74, 6) is 7.34. The standard InChI is InChI=1S/C13H16Ge/c1-14(2,3)13-10-6-8-11-7-4-5-9-12(11)13/h4-10H,1-3H3. The van der Waals surface area contributed by atoms with Gasteiger partial charge in [-0.1, -0.05) is 0 Å². The Labute approximate surface area is 88.3 Å². The van der Waals surface area contributed by atoms with Crippen LogP contribution in [0.1, 0.15) is 0 Å². The van der Waals surface area contributed by atoms with E-state index in [9.17, 15) is 0 Å². The van der Waals surface area contributed by atoms with Crippen molar-refractivity contribution in [3.05, 3.63) is 42.5 Å². The molecule has 1 heteroatoms. The van der Waals surface area contributed by atoms with Crippen LogP contribution in [0.25, 0.3) is 10.8 Å². The molecule has 0 nitrogen and oxygen atoms in total. The van der Waals surface area contributed by atoms with Crippen molar-refractivity contribution >= 4 is 28.4 Å². The second kappa shape index (κ2) is 3.43. The van der Waals surface area contributed by atoms with E-state index >= 15 is 0 Å². The molecule has 0 bridgehead atoms. The topological polar surface area (TPSA) is 0 Å². The predicted molar refractivity (Wildman–Crippen MR) is 66.9 cm³/mol. The molecule has 0 aliphatic heterocycles. The van der Waals surface area contributed by atoms with Crippen molar-refractivity contribution in [3.8, 4) is 0 Å². The van der Waals surface area contributed by atoms with Gasteiger partial charge in [-0.15, -0.1) is 0 Å². The van der Waals surface area contributed by atoms with Crippen molar-refractivity contribution in [2.75, 3.05) is 0 Å². The fourth-order valence-corrected chi connectivity index (χ4v) is 5.30. The zero-order valence-corrected chi connectivity index (χ0v) is 11.1. The second-order valence-electron chi connectivity index (χ2n) is 4.78. The minimum absolute atomic E-state index is 1.38. The van der Waals surface area contributed by atoms with Crippen LogP contribution in [0.3, 0.4) is 0 Å². The Morgan fingerprint density at radius 1 is 0.786 bits per heavy atom. The van der Waals surface area contributed by atoms with Gasteiger partial charge in [0.15, 0.2) is 0 Å². The van der Waals surface area contributed by atoms with Crippen LogP contribution < -0.4 is 4.40 Å². The van der Waals surface area contributed by atoms with Gasteiger partial charge in [-0.2, -0.15) is 0 Å².